The molecule has 0 aliphatic rings. The highest BCUT2D eigenvalue weighted by Gasteiger charge is 2.12. The lowest BCUT2D eigenvalue weighted by Crippen LogP contribution is -2.14. The first-order valence-corrected chi connectivity index (χ1v) is 8.27. The molecule has 0 saturated heterocycles. The second kappa shape index (κ2) is 7.11. The number of hydrogen-bond acceptors (Lipinski definition) is 4. The van der Waals surface area contributed by atoms with Crippen LogP contribution in [0.4, 0.5) is 5.69 Å². The highest BCUT2D eigenvalue weighted by molar-refractivity contribution is 9.10. The van der Waals surface area contributed by atoms with E-state index in [9.17, 15) is 9.59 Å². The monoisotopic (exact) mass is 406 g/mol. The van der Waals surface area contributed by atoms with E-state index < -0.39 is 0 Å². The number of carbonyl (C=O) groups is 2. The molecule has 1 N–H and O–H groups in total. The molecule has 0 saturated carbocycles. The number of ketones is 1. The van der Waals surface area contributed by atoms with Crippen LogP contribution in [0.3, 0.4) is 0 Å². The Balaban J connectivity index is 1.64. The molecule has 0 fully saturated rings. The van der Waals surface area contributed by atoms with Crippen molar-refractivity contribution in [2.75, 3.05) is 5.32 Å². The number of fused-ring (bicyclic) bond motifs is 1. The standard InChI is InChI=1S/C16H12BrClN4O2/c17-11-7-13(16-21-19-9-22(16)8-11)20-15(24)6-5-14(23)10-1-3-12(18)4-2-10/h1-4,7-9H,5-6H2,(H,20,24). The maximum atomic E-state index is 12.1. The van der Waals surface area contributed by atoms with E-state index >= 15 is 0 Å². The highest BCUT2D eigenvalue weighted by Crippen LogP contribution is 2.21. The number of pyridine rings is 1. The van der Waals surface area contributed by atoms with E-state index in [1.807, 2.05) is 0 Å². The molecule has 0 atom stereocenters. The normalized spacial score (nSPS) is 10.8. The molecule has 24 heavy (non-hydrogen) atoms. The van der Waals surface area contributed by atoms with Crippen LogP contribution < -0.4 is 5.32 Å². The number of benzene rings is 1. The number of amides is 1. The number of nitrogens with one attached hydrogen (secondary N) is 1. The first kappa shape index (κ1) is 16.6. The Morgan fingerprint density at radius 3 is 2.71 bits per heavy atom. The van der Waals surface area contributed by atoms with Gasteiger partial charge in [-0.25, -0.2) is 0 Å². The van der Waals surface area contributed by atoms with Crippen LogP contribution in [-0.4, -0.2) is 26.3 Å². The number of hydrogen-bond donors (Lipinski definition) is 1. The molecule has 1 amide bonds. The van der Waals surface area contributed by atoms with Gasteiger partial charge in [0.1, 0.15) is 6.33 Å². The number of carbonyl (C=O) groups excluding carboxylic acids is 2. The van der Waals surface area contributed by atoms with Crippen molar-refractivity contribution in [3.05, 3.63) is 57.9 Å². The van der Waals surface area contributed by atoms with Crippen molar-refractivity contribution in [2.24, 2.45) is 0 Å². The summed E-state index contributed by atoms with van der Waals surface area (Å²) in [4.78, 5) is 24.2. The van der Waals surface area contributed by atoms with Gasteiger partial charge in [0.05, 0.1) is 5.69 Å². The zero-order valence-corrected chi connectivity index (χ0v) is 14.7. The van der Waals surface area contributed by atoms with Crippen molar-refractivity contribution in [1.29, 1.82) is 0 Å². The van der Waals surface area contributed by atoms with Gasteiger partial charge in [-0.05, 0) is 46.3 Å². The smallest absolute Gasteiger partial charge is 0.224 e. The van der Waals surface area contributed by atoms with Crippen LogP contribution in [0.5, 0.6) is 0 Å². The third-order valence-corrected chi connectivity index (χ3v) is 4.06. The fourth-order valence-corrected chi connectivity index (χ4v) is 2.79. The number of aromatic nitrogens is 3. The molecule has 0 aliphatic heterocycles. The quantitative estimate of drug-likeness (QED) is 0.654. The van der Waals surface area contributed by atoms with Gasteiger partial charge in [0, 0.05) is 34.1 Å². The molecule has 1 aromatic carbocycles. The average molecular weight is 408 g/mol. The molecule has 3 aromatic rings. The van der Waals surface area contributed by atoms with Crippen molar-refractivity contribution in [3.8, 4) is 0 Å². The van der Waals surface area contributed by atoms with E-state index in [1.54, 1.807) is 47.3 Å². The number of Topliss-reactive ketones (excluding diaryl/α,β-unsaturated/α-hetero) is 1. The third kappa shape index (κ3) is 3.80. The summed E-state index contributed by atoms with van der Waals surface area (Å²) < 4.78 is 2.47. The molecular formula is C16H12BrClN4O2. The summed E-state index contributed by atoms with van der Waals surface area (Å²) in [6.45, 7) is 0. The van der Waals surface area contributed by atoms with Crippen LogP contribution in [-0.2, 0) is 4.79 Å². The molecule has 0 unspecified atom stereocenters. The van der Waals surface area contributed by atoms with E-state index in [1.165, 1.54) is 0 Å². The second-order valence-electron chi connectivity index (χ2n) is 5.11. The Labute approximate surface area is 151 Å². The summed E-state index contributed by atoms with van der Waals surface area (Å²) in [5.74, 6) is -0.371. The number of rotatable bonds is 5. The minimum Gasteiger partial charge on any atom is -0.323 e. The van der Waals surface area contributed by atoms with Crippen molar-refractivity contribution in [1.82, 2.24) is 14.6 Å². The predicted octanol–water partition coefficient (Wildman–Crippen LogP) is 3.75. The summed E-state index contributed by atoms with van der Waals surface area (Å²) in [7, 11) is 0. The SMILES string of the molecule is O=C(CCC(=O)c1ccc(Cl)cc1)Nc1cc(Br)cn2cnnc12. The van der Waals surface area contributed by atoms with E-state index in [-0.39, 0.29) is 24.5 Å². The zero-order valence-electron chi connectivity index (χ0n) is 12.4. The summed E-state index contributed by atoms with van der Waals surface area (Å²) in [5, 5.41) is 11.1. The fraction of sp³-hybridized carbons (Fsp3) is 0.125. The molecule has 2 aromatic heterocycles. The van der Waals surface area contributed by atoms with Crippen LogP contribution in [0, 0.1) is 0 Å². The van der Waals surface area contributed by atoms with Crippen LogP contribution in [0.1, 0.15) is 23.2 Å². The Kier molecular flexibility index (Phi) is 4.92. The lowest BCUT2D eigenvalue weighted by Gasteiger charge is -2.07. The lowest BCUT2D eigenvalue weighted by atomic mass is 10.1. The van der Waals surface area contributed by atoms with Crippen LogP contribution in [0.2, 0.25) is 5.02 Å². The minimum atomic E-state index is -0.264. The van der Waals surface area contributed by atoms with Gasteiger partial charge < -0.3 is 5.32 Å². The van der Waals surface area contributed by atoms with E-state index in [4.69, 9.17) is 11.6 Å². The molecule has 3 rings (SSSR count). The van der Waals surface area contributed by atoms with Gasteiger partial charge in [0.25, 0.3) is 0 Å². The van der Waals surface area contributed by atoms with Gasteiger partial charge in [0.15, 0.2) is 11.4 Å². The van der Waals surface area contributed by atoms with Gasteiger partial charge in [-0.3, -0.25) is 14.0 Å². The van der Waals surface area contributed by atoms with Crippen LogP contribution in [0.15, 0.2) is 47.3 Å². The van der Waals surface area contributed by atoms with Gasteiger partial charge >= 0.3 is 0 Å². The van der Waals surface area contributed by atoms with Crippen LogP contribution >= 0.6 is 27.5 Å². The van der Waals surface area contributed by atoms with Crippen molar-refractivity contribution >= 4 is 50.6 Å². The van der Waals surface area contributed by atoms with E-state index in [2.05, 4.69) is 31.4 Å². The summed E-state index contributed by atoms with van der Waals surface area (Å²) >= 11 is 9.16. The van der Waals surface area contributed by atoms with E-state index in [0.717, 1.165) is 4.47 Å². The fourth-order valence-electron chi connectivity index (χ4n) is 2.21. The first-order valence-electron chi connectivity index (χ1n) is 7.10. The predicted molar refractivity (Wildman–Crippen MR) is 94.3 cm³/mol. The molecular weight excluding hydrogens is 396 g/mol. The van der Waals surface area contributed by atoms with Crippen LogP contribution in [0.25, 0.3) is 5.65 Å². The van der Waals surface area contributed by atoms with Crippen molar-refractivity contribution in [2.45, 2.75) is 12.8 Å². The maximum Gasteiger partial charge on any atom is 0.224 e. The summed E-state index contributed by atoms with van der Waals surface area (Å²) in [6.07, 6.45) is 3.52. The van der Waals surface area contributed by atoms with Gasteiger partial charge in [-0.1, -0.05) is 11.6 Å². The molecule has 6 nitrogen and oxygen atoms in total. The Morgan fingerprint density at radius 2 is 1.96 bits per heavy atom. The molecule has 0 aliphatic carbocycles. The number of halogens is 2. The minimum absolute atomic E-state index is 0.0776. The molecule has 0 bridgehead atoms. The summed E-state index contributed by atoms with van der Waals surface area (Å²) in [6, 6.07) is 8.34. The average Bonchev–Trinajstić information content (AvgIpc) is 3.01. The first-order chi connectivity index (χ1) is 11.5. The molecule has 8 heteroatoms. The molecule has 0 spiro atoms. The second-order valence-corrected chi connectivity index (χ2v) is 6.46. The Hall–Kier alpha value is -2.25. The Bertz CT molecular complexity index is 908. The van der Waals surface area contributed by atoms with Gasteiger partial charge in [-0.2, -0.15) is 0 Å². The van der Waals surface area contributed by atoms with E-state index in [0.29, 0.717) is 21.9 Å². The Morgan fingerprint density at radius 1 is 1.21 bits per heavy atom. The van der Waals surface area contributed by atoms with Crippen molar-refractivity contribution in [3.63, 3.8) is 0 Å². The number of anilines is 1. The molecule has 122 valence electrons. The maximum absolute atomic E-state index is 12.1. The topological polar surface area (TPSA) is 76.4 Å². The number of nitrogens with zero attached hydrogens (tertiary/aromatic N) is 3. The summed E-state index contributed by atoms with van der Waals surface area (Å²) in [5.41, 5.74) is 1.61. The molecule has 0 radical (unpaired) electrons. The van der Waals surface area contributed by atoms with Gasteiger partial charge in [0.2, 0.25) is 5.91 Å². The zero-order chi connectivity index (χ0) is 17.1. The lowest BCUT2D eigenvalue weighted by molar-refractivity contribution is -0.116. The third-order valence-electron chi connectivity index (χ3n) is 3.38. The molecule has 2 heterocycles. The van der Waals surface area contributed by atoms with Crippen molar-refractivity contribution < 1.29 is 9.59 Å². The van der Waals surface area contributed by atoms with Gasteiger partial charge in [-0.15, -0.1) is 10.2 Å². The largest absolute Gasteiger partial charge is 0.323 e. The highest BCUT2D eigenvalue weighted by atomic mass is 79.9.